The lowest BCUT2D eigenvalue weighted by molar-refractivity contribution is 0.351. The van der Waals surface area contributed by atoms with E-state index >= 15 is 0 Å². The number of hydrogen-bond donors (Lipinski definition) is 1. The largest absolute Gasteiger partial charge is 0.243 e. The number of rotatable bonds is 2. The third-order valence-corrected chi connectivity index (χ3v) is 2.60. The molecule has 4 heteroatoms. The first-order valence-electron chi connectivity index (χ1n) is 4.68. The summed E-state index contributed by atoms with van der Waals surface area (Å²) in [4.78, 5) is 0. The standard InChI is InChI=1S/C8H14N4/c1-2-4-7(5-3-1)6-8-9-11-12-10-8/h7H,1-6H2,(H,9,10,11,12). The molecule has 4 nitrogen and oxygen atoms in total. The maximum absolute atomic E-state index is 3.89. The van der Waals surface area contributed by atoms with Crippen molar-refractivity contribution >= 4 is 0 Å². The maximum atomic E-state index is 3.89. The Morgan fingerprint density at radius 3 is 2.75 bits per heavy atom. The number of nitrogens with one attached hydrogen (secondary N) is 1. The van der Waals surface area contributed by atoms with Crippen LogP contribution in [0.25, 0.3) is 0 Å². The van der Waals surface area contributed by atoms with E-state index in [1.54, 1.807) is 0 Å². The normalized spacial score (nSPS) is 19.7. The topological polar surface area (TPSA) is 54.5 Å². The average Bonchev–Trinajstić information content (AvgIpc) is 2.59. The molecule has 1 aromatic rings. The molecule has 0 unspecified atom stereocenters. The monoisotopic (exact) mass is 166 g/mol. The van der Waals surface area contributed by atoms with E-state index in [1.165, 1.54) is 32.1 Å². The smallest absolute Gasteiger partial charge is 0.148 e. The zero-order valence-electron chi connectivity index (χ0n) is 7.16. The molecule has 1 fully saturated rings. The molecule has 2 rings (SSSR count). The molecule has 0 aromatic carbocycles. The first-order valence-corrected chi connectivity index (χ1v) is 4.68. The quantitative estimate of drug-likeness (QED) is 0.721. The summed E-state index contributed by atoms with van der Waals surface area (Å²) >= 11 is 0. The number of aromatic nitrogens is 4. The number of aromatic amines is 1. The van der Waals surface area contributed by atoms with E-state index in [4.69, 9.17) is 0 Å². The van der Waals surface area contributed by atoms with Gasteiger partial charge in [-0.1, -0.05) is 32.1 Å². The van der Waals surface area contributed by atoms with Gasteiger partial charge in [-0.3, -0.25) is 0 Å². The molecule has 0 saturated heterocycles. The van der Waals surface area contributed by atoms with Gasteiger partial charge in [-0.2, -0.15) is 0 Å². The van der Waals surface area contributed by atoms with Crippen LogP contribution in [0.1, 0.15) is 37.9 Å². The lowest BCUT2D eigenvalue weighted by atomic mass is 9.87. The first-order chi connectivity index (χ1) is 5.95. The molecule has 1 N–H and O–H groups in total. The van der Waals surface area contributed by atoms with Crippen molar-refractivity contribution in [2.75, 3.05) is 0 Å². The molecule has 1 aliphatic rings. The molecule has 1 aromatic heterocycles. The highest BCUT2D eigenvalue weighted by Gasteiger charge is 2.14. The second-order valence-corrected chi connectivity index (χ2v) is 3.56. The van der Waals surface area contributed by atoms with Crippen LogP contribution in [-0.4, -0.2) is 20.6 Å². The van der Waals surface area contributed by atoms with Gasteiger partial charge in [-0.25, -0.2) is 5.10 Å². The highest BCUT2D eigenvalue weighted by Crippen LogP contribution is 2.25. The van der Waals surface area contributed by atoms with Crippen molar-refractivity contribution in [3.63, 3.8) is 0 Å². The van der Waals surface area contributed by atoms with Crippen LogP contribution in [0.3, 0.4) is 0 Å². The van der Waals surface area contributed by atoms with Gasteiger partial charge in [0.25, 0.3) is 0 Å². The minimum Gasteiger partial charge on any atom is -0.243 e. The van der Waals surface area contributed by atoms with Gasteiger partial charge in [0, 0.05) is 6.42 Å². The predicted molar refractivity (Wildman–Crippen MR) is 44.5 cm³/mol. The Labute approximate surface area is 71.8 Å². The van der Waals surface area contributed by atoms with Gasteiger partial charge >= 0.3 is 0 Å². The van der Waals surface area contributed by atoms with Crippen LogP contribution < -0.4 is 0 Å². The Kier molecular flexibility index (Phi) is 2.34. The molecular formula is C8H14N4. The molecule has 12 heavy (non-hydrogen) atoms. The van der Waals surface area contributed by atoms with E-state index in [9.17, 15) is 0 Å². The molecule has 0 spiro atoms. The van der Waals surface area contributed by atoms with Gasteiger partial charge in [0.1, 0.15) is 5.82 Å². The summed E-state index contributed by atoms with van der Waals surface area (Å²) in [5.41, 5.74) is 0. The van der Waals surface area contributed by atoms with Crippen LogP contribution in [0.4, 0.5) is 0 Å². The molecule has 0 atom stereocenters. The van der Waals surface area contributed by atoms with Gasteiger partial charge in [-0.15, -0.1) is 5.10 Å². The van der Waals surface area contributed by atoms with Crippen molar-refractivity contribution in [3.05, 3.63) is 5.82 Å². The lowest BCUT2D eigenvalue weighted by Gasteiger charge is -2.19. The highest BCUT2D eigenvalue weighted by molar-refractivity contribution is 4.81. The van der Waals surface area contributed by atoms with Crippen molar-refractivity contribution in [2.24, 2.45) is 5.92 Å². The van der Waals surface area contributed by atoms with Crippen molar-refractivity contribution in [1.82, 2.24) is 20.6 Å². The van der Waals surface area contributed by atoms with E-state index in [0.29, 0.717) is 0 Å². The van der Waals surface area contributed by atoms with E-state index in [0.717, 1.165) is 18.2 Å². The Balaban J connectivity index is 1.86. The zero-order chi connectivity index (χ0) is 8.23. The predicted octanol–water partition coefficient (Wildman–Crippen LogP) is 1.32. The van der Waals surface area contributed by atoms with Crippen molar-refractivity contribution in [3.8, 4) is 0 Å². The van der Waals surface area contributed by atoms with Crippen LogP contribution in [0.2, 0.25) is 0 Å². The third kappa shape index (κ3) is 1.81. The van der Waals surface area contributed by atoms with Crippen LogP contribution >= 0.6 is 0 Å². The average molecular weight is 166 g/mol. The molecular weight excluding hydrogens is 152 g/mol. The number of tetrazole rings is 1. The van der Waals surface area contributed by atoms with Crippen LogP contribution in [0.15, 0.2) is 0 Å². The van der Waals surface area contributed by atoms with Crippen molar-refractivity contribution < 1.29 is 0 Å². The SMILES string of the molecule is C1CCC(Cc2nnn[nH]2)CC1. The minimum absolute atomic E-state index is 0.813. The summed E-state index contributed by atoms with van der Waals surface area (Å²) in [6.45, 7) is 0. The van der Waals surface area contributed by atoms with Gasteiger partial charge in [0.05, 0.1) is 0 Å². The number of hydrogen-bond acceptors (Lipinski definition) is 3. The van der Waals surface area contributed by atoms with Crippen LogP contribution in [-0.2, 0) is 6.42 Å². The molecule has 1 aliphatic carbocycles. The minimum atomic E-state index is 0.813. The van der Waals surface area contributed by atoms with Gasteiger partial charge in [-0.05, 0) is 16.3 Å². The van der Waals surface area contributed by atoms with E-state index in [1.807, 2.05) is 0 Å². The Morgan fingerprint density at radius 1 is 1.25 bits per heavy atom. The number of H-pyrrole nitrogens is 1. The number of nitrogens with zero attached hydrogens (tertiary/aromatic N) is 3. The Morgan fingerprint density at radius 2 is 2.08 bits per heavy atom. The summed E-state index contributed by atoms with van der Waals surface area (Å²) in [5.74, 6) is 1.76. The molecule has 1 heterocycles. The van der Waals surface area contributed by atoms with E-state index in [2.05, 4.69) is 20.6 Å². The van der Waals surface area contributed by atoms with Gasteiger partial charge in [0.15, 0.2) is 0 Å². The Bertz CT molecular complexity index is 213. The molecule has 66 valence electrons. The fraction of sp³-hybridized carbons (Fsp3) is 0.875. The zero-order valence-corrected chi connectivity index (χ0v) is 7.16. The fourth-order valence-electron chi connectivity index (χ4n) is 1.93. The fourth-order valence-corrected chi connectivity index (χ4v) is 1.93. The summed E-state index contributed by atoms with van der Waals surface area (Å²) in [7, 11) is 0. The summed E-state index contributed by atoms with van der Waals surface area (Å²) in [6.07, 6.45) is 7.90. The maximum Gasteiger partial charge on any atom is 0.148 e. The molecule has 0 bridgehead atoms. The lowest BCUT2D eigenvalue weighted by Crippen LogP contribution is -2.10. The third-order valence-electron chi connectivity index (χ3n) is 2.60. The highest BCUT2D eigenvalue weighted by atomic mass is 15.5. The summed E-state index contributed by atoms with van der Waals surface area (Å²) in [6, 6.07) is 0. The molecule has 0 aliphatic heterocycles. The van der Waals surface area contributed by atoms with E-state index < -0.39 is 0 Å². The second kappa shape index (κ2) is 3.65. The van der Waals surface area contributed by atoms with Crippen molar-refractivity contribution in [1.29, 1.82) is 0 Å². The van der Waals surface area contributed by atoms with Crippen molar-refractivity contribution in [2.45, 2.75) is 38.5 Å². The van der Waals surface area contributed by atoms with Gasteiger partial charge in [0.2, 0.25) is 0 Å². The van der Waals surface area contributed by atoms with Gasteiger partial charge < -0.3 is 0 Å². The molecule has 0 radical (unpaired) electrons. The van der Waals surface area contributed by atoms with E-state index in [-0.39, 0.29) is 0 Å². The Hall–Kier alpha value is -0.930. The summed E-state index contributed by atoms with van der Waals surface area (Å²) in [5, 5.41) is 13.8. The molecule has 0 amide bonds. The first kappa shape index (κ1) is 7.71. The summed E-state index contributed by atoms with van der Waals surface area (Å²) < 4.78 is 0. The molecule has 1 saturated carbocycles. The van der Waals surface area contributed by atoms with Crippen LogP contribution in [0, 0.1) is 5.92 Å². The second-order valence-electron chi connectivity index (χ2n) is 3.56. The van der Waals surface area contributed by atoms with Crippen LogP contribution in [0.5, 0.6) is 0 Å².